The molecule has 6 nitrogen and oxygen atoms in total. The Hall–Kier alpha value is -2.18. The lowest BCUT2D eigenvalue weighted by molar-refractivity contribution is -0.131. The molecule has 1 amide bonds. The molecule has 0 spiro atoms. The number of hydrogen-bond acceptors (Lipinski definition) is 4. The van der Waals surface area contributed by atoms with E-state index in [4.69, 9.17) is 14.6 Å². The summed E-state index contributed by atoms with van der Waals surface area (Å²) in [6.45, 7) is 2.58. The summed E-state index contributed by atoms with van der Waals surface area (Å²) in [7, 11) is 1.56. The Kier molecular flexibility index (Phi) is 7.14. The molecule has 0 radical (unpaired) electrons. The minimum atomic E-state index is -1.02. The summed E-state index contributed by atoms with van der Waals surface area (Å²) in [6.07, 6.45) is 2.51. The van der Waals surface area contributed by atoms with Crippen LogP contribution in [0.3, 0.4) is 0 Å². The minimum absolute atomic E-state index is 0.0575. The molecule has 0 aromatic heterocycles. The molecule has 0 bridgehead atoms. The van der Waals surface area contributed by atoms with Gasteiger partial charge in [0, 0.05) is 18.9 Å². The Morgan fingerprint density at radius 2 is 2.10 bits per heavy atom. The third kappa shape index (κ3) is 6.69. The number of carboxylic acid groups (broad SMARTS) is 1. The lowest BCUT2D eigenvalue weighted by atomic mass is 10.1. The van der Waals surface area contributed by atoms with Crippen LogP contribution in [0, 0.1) is 6.92 Å². The largest absolute Gasteiger partial charge is 0.478 e. The van der Waals surface area contributed by atoms with E-state index in [9.17, 15) is 9.59 Å². The molecule has 1 aromatic carbocycles. The van der Waals surface area contributed by atoms with Crippen molar-refractivity contribution >= 4 is 23.6 Å². The van der Waals surface area contributed by atoms with E-state index in [2.05, 4.69) is 5.32 Å². The first-order valence-corrected chi connectivity index (χ1v) is 6.41. The number of carboxylic acids is 1. The van der Waals surface area contributed by atoms with E-state index in [1.54, 1.807) is 19.2 Å². The summed E-state index contributed by atoms with van der Waals surface area (Å²) < 4.78 is 9.94. The van der Waals surface area contributed by atoms with E-state index in [-0.39, 0.29) is 12.5 Å². The van der Waals surface area contributed by atoms with Crippen LogP contribution in [-0.2, 0) is 19.1 Å². The monoisotopic (exact) mass is 293 g/mol. The van der Waals surface area contributed by atoms with Gasteiger partial charge in [-0.25, -0.2) is 4.79 Å². The van der Waals surface area contributed by atoms with E-state index in [0.29, 0.717) is 24.5 Å². The molecule has 1 rings (SSSR count). The van der Waals surface area contributed by atoms with Crippen LogP contribution >= 0.6 is 0 Å². The molecule has 0 atom stereocenters. The van der Waals surface area contributed by atoms with Crippen LogP contribution in [0.5, 0.6) is 0 Å². The number of aryl methyl sites for hydroxylation is 1. The summed E-state index contributed by atoms with van der Waals surface area (Å²) in [5.41, 5.74) is 2.20. The van der Waals surface area contributed by atoms with Gasteiger partial charge in [0.2, 0.25) is 5.91 Å². The molecule has 0 saturated heterocycles. The second kappa shape index (κ2) is 8.89. The predicted octanol–water partition coefficient (Wildman–Crippen LogP) is 1.69. The second-order valence-electron chi connectivity index (χ2n) is 4.34. The van der Waals surface area contributed by atoms with Gasteiger partial charge in [-0.2, -0.15) is 0 Å². The smallest absolute Gasteiger partial charge is 0.328 e. The molecule has 6 heteroatoms. The highest BCUT2D eigenvalue weighted by Crippen LogP contribution is 2.17. The third-order valence-electron chi connectivity index (χ3n) is 2.62. The molecule has 0 aliphatic carbocycles. The standard InChI is InChI=1S/C15H19NO5/c1-11-3-4-12(5-6-15(18)19)9-13(11)16-14(17)10-21-8-7-20-2/h3-6,9H,7-8,10H2,1-2H3,(H,16,17)(H,18,19)/b6-5+. The molecule has 0 fully saturated rings. The Bertz CT molecular complexity index is 525. The van der Waals surface area contributed by atoms with Crippen molar-refractivity contribution in [2.75, 3.05) is 32.2 Å². The van der Waals surface area contributed by atoms with Crippen molar-refractivity contribution in [1.29, 1.82) is 0 Å². The van der Waals surface area contributed by atoms with Gasteiger partial charge in [0.05, 0.1) is 13.2 Å². The van der Waals surface area contributed by atoms with Gasteiger partial charge in [0.15, 0.2) is 0 Å². The maximum absolute atomic E-state index is 11.7. The highest BCUT2D eigenvalue weighted by Gasteiger charge is 2.05. The van der Waals surface area contributed by atoms with Gasteiger partial charge < -0.3 is 19.9 Å². The highest BCUT2D eigenvalue weighted by atomic mass is 16.5. The molecule has 114 valence electrons. The van der Waals surface area contributed by atoms with Crippen LogP contribution in [-0.4, -0.2) is 43.9 Å². The summed E-state index contributed by atoms with van der Waals surface area (Å²) in [5.74, 6) is -1.29. The average Bonchev–Trinajstić information content (AvgIpc) is 2.44. The van der Waals surface area contributed by atoms with Crippen LogP contribution in [0.15, 0.2) is 24.3 Å². The average molecular weight is 293 g/mol. The molecule has 0 aliphatic heterocycles. The zero-order valence-electron chi connectivity index (χ0n) is 12.1. The number of amides is 1. The van der Waals surface area contributed by atoms with Crippen LogP contribution in [0.1, 0.15) is 11.1 Å². The van der Waals surface area contributed by atoms with Crippen LogP contribution in [0.25, 0.3) is 6.08 Å². The number of anilines is 1. The second-order valence-corrected chi connectivity index (χ2v) is 4.34. The Labute approximate surface area is 123 Å². The van der Waals surface area contributed by atoms with Crippen molar-refractivity contribution in [1.82, 2.24) is 0 Å². The number of hydrogen-bond donors (Lipinski definition) is 2. The SMILES string of the molecule is COCCOCC(=O)Nc1cc(/C=C/C(=O)O)ccc1C. The lowest BCUT2D eigenvalue weighted by Gasteiger charge is -2.09. The number of carbonyl (C=O) groups is 2. The molecular formula is C15H19NO5. The molecule has 21 heavy (non-hydrogen) atoms. The maximum atomic E-state index is 11.7. The van der Waals surface area contributed by atoms with Gasteiger partial charge in [0.1, 0.15) is 6.61 Å². The topological polar surface area (TPSA) is 84.9 Å². The van der Waals surface area contributed by atoms with E-state index < -0.39 is 5.97 Å². The van der Waals surface area contributed by atoms with Crippen molar-refractivity contribution < 1.29 is 24.2 Å². The predicted molar refractivity (Wildman–Crippen MR) is 79.2 cm³/mol. The molecular weight excluding hydrogens is 274 g/mol. The fourth-order valence-corrected chi connectivity index (χ4v) is 1.54. The number of rotatable bonds is 8. The molecule has 0 unspecified atom stereocenters. The third-order valence-corrected chi connectivity index (χ3v) is 2.62. The molecule has 2 N–H and O–H groups in total. The Balaban J connectivity index is 2.63. The normalized spacial score (nSPS) is 10.8. The fraction of sp³-hybridized carbons (Fsp3) is 0.333. The number of nitrogens with one attached hydrogen (secondary N) is 1. The number of benzene rings is 1. The summed E-state index contributed by atoms with van der Waals surface area (Å²) in [4.78, 5) is 22.2. The van der Waals surface area contributed by atoms with E-state index in [0.717, 1.165) is 11.6 Å². The summed E-state index contributed by atoms with van der Waals surface area (Å²) in [6, 6.07) is 5.30. The van der Waals surface area contributed by atoms with Crippen molar-refractivity contribution in [2.45, 2.75) is 6.92 Å². The van der Waals surface area contributed by atoms with Crippen molar-refractivity contribution in [3.8, 4) is 0 Å². The van der Waals surface area contributed by atoms with Gasteiger partial charge in [-0.15, -0.1) is 0 Å². The Morgan fingerprint density at radius 1 is 1.33 bits per heavy atom. The van der Waals surface area contributed by atoms with E-state index >= 15 is 0 Å². The first-order valence-electron chi connectivity index (χ1n) is 6.41. The van der Waals surface area contributed by atoms with Crippen LogP contribution < -0.4 is 5.32 Å². The van der Waals surface area contributed by atoms with Gasteiger partial charge in [-0.1, -0.05) is 12.1 Å². The van der Waals surface area contributed by atoms with E-state index in [1.807, 2.05) is 13.0 Å². The number of ether oxygens (including phenoxy) is 2. The lowest BCUT2D eigenvalue weighted by Crippen LogP contribution is -2.20. The number of methoxy groups -OCH3 is 1. The quantitative estimate of drug-likeness (QED) is 0.563. The zero-order valence-corrected chi connectivity index (χ0v) is 12.1. The van der Waals surface area contributed by atoms with Gasteiger partial charge in [0.25, 0.3) is 0 Å². The zero-order chi connectivity index (χ0) is 15.7. The summed E-state index contributed by atoms with van der Waals surface area (Å²) in [5, 5.41) is 11.3. The van der Waals surface area contributed by atoms with E-state index in [1.165, 1.54) is 6.08 Å². The van der Waals surface area contributed by atoms with Gasteiger partial charge >= 0.3 is 5.97 Å². The molecule has 0 saturated carbocycles. The highest BCUT2D eigenvalue weighted by molar-refractivity contribution is 5.93. The van der Waals surface area contributed by atoms with Crippen molar-refractivity contribution in [2.24, 2.45) is 0 Å². The fourth-order valence-electron chi connectivity index (χ4n) is 1.54. The van der Waals surface area contributed by atoms with Gasteiger partial charge in [-0.05, 0) is 30.2 Å². The van der Waals surface area contributed by atoms with Crippen molar-refractivity contribution in [3.05, 3.63) is 35.4 Å². The van der Waals surface area contributed by atoms with Gasteiger partial charge in [-0.3, -0.25) is 4.79 Å². The molecule has 0 aliphatic rings. The molecule has 1 aromatic rings. The van der Waals surface area contributed by atoms with Crippen LogP contribution in [0.4, 0.5) is 5.69 Å². The van der Waals surface area contributed by atoms with Crippen LogP contribution in [0.2, 0.25) is 0 Å². The Morgan fingerprint density at radius 3 is 2.76 bits per heavy atom. The summed E-state index contributed by atoms with van der Waals surface area (Å²) >= 11 is 0. The number of aliphatic carboxylic acids is 1. The minimum Gasteiger partial charge on any atom is -0.478 e. The first-order chi connectivity index (χ1) is 10.0. The molecule has 0 heterocycles. The maximum Gasteiger partial charge on any atom is 0.328 e. The first kappa shape index (κ1) is 16.9. The number of carbonyl (C=O) groups excluding carboxylic acids is 1. The van der Waals surface area contributed by atoms with Crippen molar-refractivity contribution in [3.63, 3.8) is 0 Å².